The molecule has 0 aliphatic heterocycles. The van der Waals surface area contributed by atoms with E-state index in [4.69, 9.17) is 9.47 Å². The minimum absolute atomic E-state index is 0. The first-order chi connectivity index (χ1) is 19.6. The van der Waals surface area contributed by atoms with Gasteiger partial charge in [-0.15, -0.1) is 0 Å². The van der Waals surface area contributed by atoms with Gasteiger partial charge in [-0.1, -0.05) is 110 Å². The van der Waals surface area contributed by atoms with E-state index in [1.807, 2.05) is 0 Å². The van der Waals surface area contributed by atoms with E-state index >= 15 is 0 Å². The molecule has 0 spiro atoms. The van der Waals surface area contributed by atoms with Gasteiger partial charge in [-0.2, -0.15) is 0 Å². The number of phosphoric acid groups is 1. The molecule has 13 heteroatoms. The largest absolute Gasteiger partial charge is 1.00 e. The fourth-order valence-electron chi connectivity index (χ4n) is 4.45. The number of unbranched alkanes of at least 4 members (excludes halogenated alkanes) is 17. The summed E-state index contributed by atoms with van der Waals surface area (Å²) in [7, 11) is -5.24. The van der Waals surface area contributed by atoms with E-state index in [0.29, 0.717) is 12.8 Å². The number of hydrogen-bond donors (Lipinski definition) is 1. The molecule has 1 N–H and O–H groups in total. The van der Waals surface area contributed by atoms with E-state index in [9.17, 15) is 28.7 Å². The van der Waals surface area contributed by atoms with Crippen LogP contribution in [0.3, 0.4) is 0 Å². The number of nitrogens with one attached hydrogen (secondary N) is 1. The zero-order valence-electron chi connectivity index (χ0n) is 27.7. The topological polar surface area (TPSA) is 154 Å². The molecule has 0 aromatic rings. The molecule has 0 unspecified atom stereocenters. The van der Waals surface area contributed by atoms with Crippen molar-refractivity contribution in [2.24, 2.45) is 0 Å². The maximum atomic E-state index is 12.1. The van der Waals surface area contributed by atoms with Crippen molar-refractivity contribution in [2.75, 3.05) is 19.8 Å². The van der Waals surface area contributed by atoms with Gasteiger partial charge in [0.2, 0.25) is 5.91 Å². The van der Waals surface area contributed by atoms with Crippen LogP contribution in [-0.2, 0) is 32.9 Å². The molecule has 43 heavy (non-hydrogen) atoms. The Labute approximate surface area is 305 Å². The second-order valence-corrected chi connectivity index (χ2v) is 12.0. The number of rotatable bonds is 29. The second kappa shape index (κ2) is 33.9. The van der Waals surface area contributed by atoms with Crippen LogP contribution in [0.15, 0.2) is 0 Å². The first kappa shape index (κ1) is 47.9. The number of hydrogen-bond acceptors (Lipinski definition) is 9. The molecule has 1 atom stereocenters. The average Bonchev–Trinajstić information content (AvgIpc) is 2.91. The summed E-state index contributed by atoms with van der Waals surface area (Å²) in [6, 6.07) is 0. The molecule has 0 saturated carbocycles. The summed E-state index contributed by atoms with van der Waals surface area (Å²) in [6.07, 6.45) is 19.9. The van der Waals surface area contributed by atoms with Crippen molar-refractivity contribution in [3.63, 3.8) is 0 Å². The van der Waals surface area contributed by atoms with Crippen molar-refractivity contribution in [1.82, 2.24) is 5.32 Å². The summed E-state index contributed by atoms with van der Waals surface area (Å²) < 4.78 is 25.5. The summed E-state index contributed by atoms with van der Waals surface area (Å²) in [6.45, 7) is 3.44. The zero-order chi connectivity index (χ0) is 30.6. The molecule has 0 fully saturated rings. The van der Waals surface area contributed by atoms with Crippen LogP contribution in [-0.4, -0.2) is 43.7 Å². The molecule has 0 bridgehead atoms. The van der Waals surface area contributed by atoms with E-state index in [1.54, 1.807) is 6.92 Å². The van der Waals surface area contributed by atoms with E-state index in [0.717, 1.165) is 64.3 Å². The normalized spacial score (nSPS) is 11.6. The van der Waals surface area contributed by atoms with Gasteiger partial charge < -0.3 is 33.7 Å². The van der Waals surface area contributed by atoms with Crippen LogP contribution < -0.4 is 74.2 Å². The Hall–Kier alpha value is 0.520. The maximum absolute atomic E-state index is 12.1. The maximum Gasteiger partial charge on any atom is 1.00 e. The number of amides is 1. The van der Waals surface area contributed by atoms with Crippen LogP contribution in [0.2, 0.25) is 0 Å². The van der Waals surface area contributed by atoms with Crippen molar-refractivity contribution in [1.29, 1.82) is 0 Å². The first-order valence-electron chi connectivity index (χ1n) is 15.9. The van der Waals surface area contributed by atoms with E-state index in [-0.39, 0.29) is 84.5 Å². The molecule has 0 aromatic heterocycles. The fraction of sp³-hybridized carbons (Fsp3) is 0.900. The molecule has 0 saturated heterocycles. The minimum atomic E-state index is -5.24. The minimum Gasteiger partial charge on any atom is -0.790 e. The molecule has 0 aromatic carbocycles. The van der Waals surface area contributed by atoms with Gasteiger partial charge >= 0.3 is 71.1 Å². The number of ether oxygens (including phenoxy) is 2. The Bertz CT molecular complexity index is 726. The van der Waals surface area contributed by atoms with Gasteiger partial charge in [0.25, 0.3) is 0 Å². The smallest absolute Gasteiger partial charge is 0.790 e. The Morgan fingerprint density at radius 1 is 0.651 bits per heavy atom. The van der Waals surface area contributed by atoms with Gasteiger partial charge in [-0.25, -0.2) is 0 Å². The number of phosphoric ester groups is 1. The van der Waals surface area contributed by atoms with Crippen LogP contribution >= 0.6 is 7.82 Å². The molecule has 0 aliphatic rings. The summed E-state index contributed by atoms with van der Waals surface area (Å²) in [5, 5.41) is 2.82. The van der Waals surface area contributed by atoms with Crippen LogP contribution in [0.1, 0.15) is 149 Å². The standard InChI is InChI=1S/C30H58NO9P.2Na/c1-3-4-5-6-16-20-23-30(34)40-28(26-39-41(35,36)37)25-38-29(33)22-19-17-14-12-10-8-7-9-11-13-15-18-21-24-31-27(2)32;;/h28H,3-26H2,1-2H3,(H,31,32)(H2,35,36,37);;/q;2*+1/p-2/t28-;;/m0../s1. The van der Waals surface area contributed by atoms with Crippen molar-refractivity contribution >= 4 is 25.7 Å². The van der Waals surface area contributed by atoms with Crippen LogP contribution in [0.25, 0.3) is 0 Å². The molecular weight excluding hydrogens is 595 g/mol. The van der Waals surface area contributed by atoms with Crippen LogP contribution in [0.4, 0.5) is 0 Å². The molecule has 242 valence electrons. The van der Waals surface area contributed by atoms with E-state index < -0.39 is 32.5 Å². The quantitative estimate of drug-likeness (QED) is 0.0495. The SMILES string of the molecule is CCCCCCCCC(=O)O[C@@H](COC(=O)CCCCCCCCCCCCCCCNC(C)=O)COP(=O)([O-])[O-].[Na+].[Na+]. The van der Waals surface area contributed by atoms with Crippen molar-refractivity contribution in [3.8, 4) is 0 Å². The number of carbonyl (C=O) groups is 3. The van der Waals surface area contributed by atoms with Gasteiger partial charge in [0.1, 0.15) is 6.61 Å². The third kappa shape index (κ3) is 38.6. The van der Waals surface area contributed by atoms with Crippen molar-refractivity contribution < 1.29 is 102 Å². The molecule has 0 heterocycles. The third-order valence-electron chi connectivity index (χ3n) is 6.81. The fourth-order valence-corrected chi connectivity index (χ4v) is 4.80. The Morgan fingerprint density at radius 2 is 1.07 bits per heavy atom. The second-order valence-electron chi connectivity index (χ2n) is 10.9. The Kier molecular flexibility index (Phi) is 37.7. The van der Waals surface area contributed by atoms with E-state index in [1.165, 1.54) is 51.4 Å². The monoisotopic (exact) mass is 651 g/mol. The Morgan fingerprint density at radius 3 is 1.51 bits per heavy atom. The predicted molar refractivity (Wildman–Crippen MR) is 156 cm³/mol. The van der Waals surface area contributed by atoms with Crippen LogP contribution in [0.5, 0.6) is 0 Å². The molecule has 0 rings (SSSR count). The van der Waals surface area contributed by atoms with Gasteiger partial charge in [0, 0.05) is 26.3 Å². The number of carbonyl (C=O) groups excluding carboxylic acids is 3. The van der Waals surface area contributed by atoms with Gasteiger partial charge in [0.15, 0.2) is 6.10 Å². The van der Waals surface area contributed by atoms with Gasteiger partial charge in [-0.3, -0.25) is 14.4 Å². The predicted octanol–water partition coefficient (Wildman–Crippen LogP) is -0.357. The first-order valence-corrected chi connectivity index (χ1v) is 17.4. The Balaban J connectivity index is -0.00000800. The van der Waals surface area contributed by atoms with E-state index in [2.05, 4.69) is 16.8 Å². The summed E-state index contributed by atoms with van der Waals surface area (Å²) in [4.78, 5) is 56.7. The molecule has 0 radical (unpaired) electrons. The molecule has 0 aliphatic carbocycles. The van der Waals surface area contributed by atoms with Gasteiger partial charge in [0.05, 0.1) is 14.4 Å². The van der Waals surface area contributed by atoms with Gasteiger partial charge in [-0.05, 0) is 19.3 Å². The molecule has 10 nitrogen and oxygen atoms in total. The van der Waals surface area contributed by atoms with Crippen LogP contribution in [0, 0.1) is 0 Å². The summed E-state index contributed by atoms with van der Waals surface area (Å²) >= 11 is 0. The third-order valence-corrected chi connectivity index (χ3v) is 7.28. The van der Waals surface area contributed by atoms with Crippen molar-refractivity contribution in [2.45, 2.75) is 155 Å². The molecule has 1 amide bonds. The summed E-state index contributed by atoms with van der Waals surface area (Å²) in [5.74, 6) is -0.949. The average molecular weight is 652 g/mol. The van der Waals surface area contributed by atoms with Crippen molar-refractivity contribution in [3.05, 3.63) is 0 Å². The number of esters is 2. The summed E-state index contributed by atoms with van der Waals surface area (Å²) in [5.41, 5.74) is 0. The zero-order valence-corrected chi connectivity index (χ0v) is 32.6. The molecular formula is C30H56NNa2O9P.